The van der Waals surface area contributed by atoms with Crippen LogP contribution in [0.3, 0.4) is 0 Å². The van der Waals surface area contributed by atoms with Crippen LogP contribution >= 0.6 is 0 Å². The van der Waals surface area contributed by atoms with Gasteiger partial charge in [-0.05, 0) is 0 Å². The number of aromatic nitrogens is 3. The summed E-state index contributed by atoms with van der Waals surface area (Å²) in [5.74, 6) is 0. The Morgan fingerprint density at radius 2 is 0.933 bits per heavy atom. The monoisotopic (exact) mass is 207 g/mol. The van der Waals surface area contributed by atoms with Crippen LogP contribution in [0, 0.1) is 0 Å². The van der Waals surface area contributed by atoms with Crippen molar-refractivity contribution in [1.29, 1.82) is 0 Å². The van der Waals surface area contributed by atoms with Crippen molar-refractivity contribution in [2.24, 2.45) is 0 Å². The van der Waals surface area contributed by atoms with Crippen LogP contribution in [0.25, 0.3) is 0 Å². The number of hydrogen-bond acceptors (Lipinski definition) is 6. The first kappa shape index (κ1) is 10.7. The van der Waals surface area contributed by atoms with Crippen LogP contribution in [0.2, 0.25) is 0 Å². The molecule has 0 radical (unpaired) electrons. The summed E-state index contributed by atoms with van der Waals surface area (Å²) in [7, 11) is 0. The van der Waals surface area contributed by atoms with E-state index in [9.17, 15) is 0 Å². The van der Waals surface area contributed by atoms with E-state index in [0.717, 1.165) is 0 Å². The molecule has 1 rings (SSSR count). The van der Waals surface area contributed by atoms with E-state index in [1.54, 1.807) is 0 Å². The van der Waals surface area contributed by atoms with Crippen molar-refractivity contribution in [3.05, 3.63) is 38.5 Å². The molecule has 6 heteroatoms. The Morgan fingerprint density at radius 3 is 1.13 bits per heavy atom. The predicted molar refractivity (Wildman–Crippen MR) is 52.3 cm³/mol. The average Bonchev–Trinajstić information content (AvgIpc) is 2.19. The van der Waals surface area contributed by atoms with Crippen LogP contribution in [-0.4, -0.2) is 15.0 Å². The lowest BCUT2D eigenvalue weighted by Crippen LogP contribution is -2.00. The van der Waals surface area contributed by atoms with Crippen molar-refractivity contribution in [2.75, 3.05) is 0 Å². The summed E-state index contributed by atoms with van der Waals surface area (Å²) in [5, 5.41) is 0. The number of ether oxygens (including phenoxy) is 3. The summed E-state index contributed by atoms with van der Waals surface area (Å²) < 4.78 is 14.6. The lowest BCUT2D eigenvalue weighted by molar-refractivity contribution is 0.361. The van der Waals surface area contributed by atoms with Gasteiger partial charge in [0.05, 0.1) is 18.8 Å². The Bertz CT molecular complexity index is 309. The first-order valence-corrected chi connectivity index (χ1v) is 3.89. The molecule has 0 aliphatic heterocycles. The molecule has 0 N–H and O–H groups in total. The summed E-state index contributed by atoms with van der Waals surface area (Å²) in [4.78, 5) is 11.3. The van der Waals surface area contributed by atoms with E-state index in [1.807, 2.05) is 0 Å². The smallest absolute Gasteiger partial charge is 0.330 e. The molecule has 1 aromatic rings. The molecule has 0 aromatic carbocycles. The molecule has 0 atom stereocenters. The van der Waals surface area contributed by atoms with E-state index in [1.165, 1.54) is 18.8 Å². The Kier molecular flexibility index (Phi) is 3.84. The van der Waals surface area contributed by atoms with Crippen molar-refractivity contribution in [1.82, 2.24) is 15.0 Å². The third-order valence-electron chi connectivity index (χ3n) is 1.14. The minimum Gasteiger partial charge on any atom is -0.433 e. The van der Waals surface area contributed by atoms with Gasteiger partial charge in [0.1, 0.15) is 0 Å². The Labute approximate surface area is 86.6 Å². The van der Waals surface area contributed by atoms with Crippen molar-refractivity contribution < 1.29 is 14.2 Å². The molecule has 0 bridgehead atoms. The first-order valence-electron chi connectivity index (χ1n) is 3.89. The van der Waals surface area contributed by atoms with E-state index >= 15 is 0 Å². The molecule has 0 unspecified atom stereocenters. The fraction of sp³-hybridized carbons (Fsp3) is 0. The molecule has 0 amide bonds. The quantitative estimate of drug-likeness (QED) is 0.657. The van der Waals surface area contributed by atoms with Crippen LogP contribution in [0.4, 0.5) is 0 Å². The molecule has 1 heterocycles. The van der Waals surface area contributed by atoms with Gasteiger partial charge >= 0.3 is 18.0 Å². The number of nitrogens with zero attached hydrogens (tertiary/aromatic N) is 3. The standard InChI is InChI=1S/C9H9N3O3/c1-4-13-7-10-8(14-5-2)12-9(11-7)15-6-3/h4-6H,1-3H2. The molecular formula is C9H9N3O3. The normalized spacial score (nSPS) is 8.80. The predicted octanol–water partition coefficient (Wildman–Crippen LogP) is 1.44. The molecule has 78 valence electrons. The maximum Gasteiger partial charge on any atom is 0.330 e. The van der Waals surface area contributed by atoms with Crippen LogP contribution in [0.5, 0.6) is 18.0 Å². The molecule has 6 nitrogen and oxygen atoms in total. The third kappa shape index (κ3) is 3.11. The van der Waals surface area contributed by atoms with Crippen LogP contribution in [-0.2, 0) is 0 Å². The number of hydrogen-bond donors (Lipinski definition) is 0. The van der Waals surface area contributed by atoms with E-state index in [-0.39, 0.29) is 18.0 Å². The highest BCUT2D eigenvalue weighted by molar-refractivity contribution is 5.10. The van der Waals surface area contributed by atoms with E-state index in [4.69, 9.17) is 14.2 Å². The number of rotatable bonds is 6. The van der Waals surface area contributed by atoms with Gasteiger partial charge in [-0.15, -0.1) is 15.0 Å². The molecule has 15 heavy (non-hydrogen) atoms. The van der Waals surface area contributed by atoms with Crippen LogP contribution in [0.1, 0.15) is 0 Å². The SMILES string of the molecule is C=COc1nc(OC=C)nc(OC=C)n1. The lowest BCUT2D eigenvalue weighted by atomic mass is 10.9. The zero-order chi connectivity index (χ0) is 11.1. The van der Waals surface area contributed by atoms with E-state index in [0.29, 0.717) is 0 Å². The highest BCUT2D eigenvalue weighted by atomic mass is 16.5. The van der Waals surface area contributed by atoms with Crippen molar-refractivity contribution in [3.63, 3.8) is 0 Å². The van der Waals surface area contributed by atoms with Crippen molar-refractivity contribution >= 4 is 0 Å². The highest BCUT2D eigenvalue weighted by Crippen LogP contribution is 2.14. The summed E-state index contributed by atoms with van der Waals surface area (Å²) >= 11 is 0. The topological polar surface area (TPSA) is 66.4 Å². The van der Waals surface area contributed by atoms with Gasteiger partial charge in [-0.2, -0.15) is 0 Å². The molecule has 1 aromatic heterocycles. The summed E-state index contributed by atoms with van der Waals surface area (Å²) in [6.07, 6.45) is 3.51. The summed E-state index contributed by atoms with van der Waals surface area (Å²) in [5.41, 5.74) is 0. The molecule has 0 fully saturated rings. The van der Waals surface area contributed by atoms with Crippen LogP contribution in [0.15, 0.2) is 38.5 Å². The lowest BCUT2D eigenvalue weighted by Gasteiger charge is -2.03. The zero-order valence-electron chi connectivity index (χ0n) is 7.92. The second-order valence-corrected chi connectivity index (χ2v) is 2.04. The van der Waals surface area contributed by atoms with Gasteiger partial charge in [-0.3, -0.25) is 0 Å². The van der Waals surface area contributed by atoms with Crippen LogP contribution < -0.4 is 14.2 Å². The summed E-state index contributed by atoms with van der Waals surface area (Å²) in [6, 6.07) is 0.0242. The van der Waals surface area contributed by atoms with Gasteiger partial charge in [0, 0.05) is 0 Å². The van der Waals surface area contributed by atoms with Gasteiger partial charge in [-0.1, -0.05) is 19.7 Å². The van der Waals surface area contributed by atoms with Gasteiger partial charge in [0.15, 0.2) is 0 Å². The molecule has 0 aliphatic carbocycles. The second-order valence-electron chi connectivity index (χ2n) is 2.04. The maximum atomic E-state index is 4.85. The fourth-order valence-corrected chi connectivity index (χ4v) is 0.702. The maximum absolute atomic E-state index is 4.85. The van der Waals surface area contributed by atoms with Gasteiger partial charge in [0.2, 0.25) is 0 Å². The molecule has 0 saturated carbocycles. The minimum atomic E-state index is 0.00806. The zero-order valence-corrected chi connectivity index (χ0v) is 7.92. The Morgan fingerprint density at radius 1 is 0.667 bits per heavy atom. The van der Waals surface area contributed by atoms with Crippen molar-refractivity contribution in [2.45, 2.75) is 0 Å². The van der Waals surface area contributed by atoms with E-state index in [2.05, 4.69) is 34.7 Å². The molecular weight excluding hydrogens is 198 g/mol. The fourth-order valence-electron chi connectivity index (χ4n) is 0.702. The molecule has 0 saturated heterocycles. The van der Waals surface area contributed by atoms with Gasteiger partial charge < -0.3 is 14.2 Å². The van der Waals surface area contributed by atoms with Gasteiger partial charge in [0.25, 0.3) is 0 Å². The summed E-state index contributed by atoms with van der Waals surface area (Å²) in [6.45, 7) is 10.1. The Balaban J connectivity index is 3.00. The largest absolute Gasteiger partial charge is 0.433 e. The molecule has 0 spiro atoms. The second kappa shape index (κ2) is 5.38. The van der Waals surface area contributed by atoms with Gasteiger partial charge in [-0.25, -0.2) is 0 Å². The van der Waals surface area contributed by atoms with Crippen molar-refractivity contribution in [3.8, 4) is 18.0 Å². The highest BCUT2D eigenvalue weighted by Gasteiger charge is 2.07. The average molecular weight is 207 g/mol. The van der Waals surface area contributed by atoms with E-state index < -0.39 is 0 Å². The first-order chi connectivity index (χ1) is 7.30. The Hall–Kier alpha value is -2.37. The minimum absolute atomic E-state index is 0.00806. The molecule has 0 aliphatic rings. The third-order valence-corrected chi connectivity index (χ3v) is 1.14.